The van der Waals surface area contributed by atoms with Gasteiger partial charge in [0.1, 0.15) is 9.81 Å². The number of alkyl halides is 6. The summed E-state index contributed by atoms with van der Waals surface area (Å²) in [4.78, 5) is -3.24. The molecule has 0 radical (unpaired) electrons. The van der Waals surface area contributed by atoms with Gasteiger partial charge in [-0.2, -0.15) is 26.3 Å². The zero-order valence-electron chi connectivity index (χ0n) is 7.78. The molecule has 0 N–H and O–H groups in total. The second-order valence-corrected chi connectivity index (χ2v) is 5.08. The minimum absolute atomic E-state index is 0.0525. The standard InChI is InChI=1S/C7H6F6OS2/c1-2-14-5-15-3(6(8,9)10)4(16-5)7(11,12)13/h5H,2H2,1H3. The van der Waals surface area contributed by atoms with Crippen molar-refractivity contribution < 1.29 is 31.1 Å². The number of rotatable bonds is 2. The number of hydrogen-bond acceptors (Lipinski definition) is 3. The second kappa shape index (κ2) is 4.69. The van der Waals surface area contributed by atoms with Gasteiger partial charge in [0, 0.05) is 6.61 Å². The van der Waals surface area contributed by atoms with E-state index in [1.54, 1.807) is 0 Å². The molecule has 0 amide bonds. The van der Waals surface area contributed by atoms with E-state index in [1.165, 1.54) is 6.92 Å². The van der Waals surface area contributed by atoms with Crippen molar-refractivity contribution >= 4 is 23.5 Å². The smallest absolute Gasteiger partial charge is 0.357 e. The van der Waals surface area contributed by atoms with Crippen LogP contribution in [0.2, 0.25) is 0 Å². The number of allylic oxidation sites excluding steroid dienone is 2. The first-order valence-electron chi connectivity index (χ1n) is 4.00. The lowest BCUT2D eigenvalue weighted by molar-refractivity contribution is -0.103. The molecular weight excluding hydrogens is 278 g/mol. The van der Waals surface area contributed by atoms with Crippen LogP contribution >= 0.6 is 23.5 Å². The maximum absolute atomic E-state index is 12.3. The van der Waals surface area contributed by atoms with Crippen molar-refractivity contribution in [2.45, 2.75) is 24.0 Å². The van der Waals surface area contributed by atoms with Crippen molar-refractivity contribution in [1.29, 1.82) is 0 Å². The molecular formula is C7H6F6OS2. The van der Waals surface area contributed by atoms with Gasteiger partial charge in [0.2, 0.25) is 0 Å². The molecule has 0 saturated carbocycles. The number of halogens is 6. The monoisotopic (exact) mass is 284 g/mol. The van der Waals surface area contributed by atoms with Crippen LogP contribution in [0.1, 0.15) is 6.92 Å². The minimum Gasteiger partial charge on any atom is -0.357 e. The van der Waals surface area contributed by atoms with Crippen molar-refractivity contribution in [3.8, 4) is 0 Å². The molecule has 0 fully saturated rings. The summed E-state index contributed by atoms with van der Waals surface area (Å²) in [5, 5.41) is 0. The zero-order valence-corrected chi connectivity index (χ0v) is 9.41. The Morgan fingerprint density at radius 2 is 1.38 bits per heavy atom. The number of hydrogen-bond donors (Lipinski definition) is 0. The van der Waals surface area contributed by atoms with Crippen LogP contribution in [0.4, 0.5) is 26.3 Å². The Bertz CT molecular complexity index is 268. The zero-order chi connectivity index (χ0) is 12.6. The topological polar surface area (TPSA) is 9.23 Å². The summed E-state index contributed by atoms with van der Waals surface area (Å²) in [6.07, 6.45) is -9.98. The van der Waals surface area contributed by atoms with E-state index >= 15 is 0 Å². The van der Waals surface area contributed by atoms with Crippen LogP contribution in [0.5, 0.6) is 0 Å². The summed E-state index contributed by atoms with van der Waals surface area (Å²) in [5.74, 6) is 0. The molecule has 0 aromatic heterocycles. The van der Waals surface area contributed by atoms with E-state index in [2.05, 4.69) is 0 Å². The first kappa shape index (κ1) is 14.0. The molecule has 94 valence electrons. The van der Waals surface area contributed by atoms with Gasteiger partial charge < -0.3 is 4.74 Å². The quantitative estimate of drug-likeness (QED) is 0.706. The van der Waals surface area contributed by atoms with E-state index in [4.69, 9.17) is 4.74 Å². The number of ether oxygens (including phenoxy) is 1. The van der Waals surface area contributed by atoms with Gasteiger partial charge in [0.15, 0.2) is 4.77 Å². The summed E-state index contributed by atoms with van der Waals surface area (Å²) >= 11 is 0.105. The third-order valence-corrected chi connectivity index (χ3v) is 4.16. The Balaban J connectivity index is 2.96. The summed E-state index contributed by atoms with van der Waals surface area (Å²) in [6.45, 7) is 1.56. The normalized spacial score (nSPS) is 19.7. The molecule has 9 heteroatoms. The Hall–Kier alpha value is -0.0200. The van der Waals surface area contributed by atoms with Gasteiger partial charge in [-0.1, -0.05) is 23.5 Å². The van der Waals surface area contributed by atoms with E-state index in [9.17, 15) is 26.3 Å². The van der Waals surface area contributed by atoms with Crippen LogP contribution in [0, 0.1) is 0 Å². The largest absolute Gasteiger partial charge is 0.423 e. The Morgan fingerprint density at radius 3 is 1.62 bits per heavy atom. The molecule has 1 nitrogen and oxygen atoms in total. The predicted molar refractivity (Wildman–Crippen MR) is 49.7 cm³/mol. The third-order valence-electron chi connectivity index (χ3n) is 1.45. The fourth-order valence-electron chi connectivity index (χ4n) is 0.919. The molecule has 0 spiro atoms. The molecule has 0 aromatic carbocycles. The maximum Gasteiger partial charge on any atom is 0.423 e. The fourth-order valence-corrected chi connectivity index (χ4v) is 3.48. The molecule has 16 heavy (non-hydrogen) atoms. The molecule has 1 aliphatic rings. The predicted octanol–water partition coefficient (Wildman–Crippen LogP) is 4.12. The average Bonchev–Trinajstić information content (AvgIpc) is 2.47. The molecule has 1 heterocycles. The lowest BCUT2D eigenvalue weighted by atomic mass is 10.4. The van der Waals surface area contributed by atoms with Gasteiger partial charge in [-0.05, 0) is 6.92 Å². The molecule has 1 aliphatic heterocycles. The SMILES string of the molecule is CCOC1SC(C(F)(F)F)=C(C(F)(F)F)S1. The van der Waals surface area contributed by atoms with Crippen LogP contribution in [0.25, 0.3) is 0 Å². The first-order chi connectivity index (χ1) is 7.16. The van der Waals surface area contributed by atoms with E-state index in [1.807, 2.05) is 0 Å². The lowest BCUT2D eigenvalue weighted by Gasteiger charge is -2.10. The highest BCUT2D eigenvalue weighted by atomic mass is 32.2. The third kappa shape index (κ3) is 3.24. The van der Waals surface area contributed by atoms with Gasteiger partial charge >= 0.3 is 12.4 Å². The van der Waals surface area contributed by atoms with E-state index in [0.29, 0.717) is 0 Å². The van der Waals surface area contributed by atoms with Crippen molar-refractivity contribution in [3.05, 3.63) is 9.81 Å². The average molecular weight is 284 g/mol. The van der Waals surface area contributed by atoms with E-state index < -0.39 is 26.9 Å². The number of thioether (sulfide) groups is 2. The molecule has 0 atom stereocenters. The Labute approximate surface area is 95.6 Å². The molecule has 0 unspecified atom stereocenters. The van der Waals surface area contributed by atoms with Crippen molar-refractivity contribution in [2.24, 2.45) is 0 Å². The summed E-state index contributed by atoms with van der Waals surface area (Å²) in [7, 11) is 0. The Morgan fingerprint density at radius 1 is 1.00 bits per heavy atom. The maximum atomic E-state index is 12.3. The van der Waals surface area contributed by atoms with Crippen molar-refractivity contribution in [2.75, 3.05) is 6.61 Å². The van der Waals surface area contributed by atoms with Crippen LogP contribution < -0.4 is 0 Å². The second-order valence-electron chi connectivity index (χ2n) is 2.63. The van der Waals surface area contributed by atoms with Gasteiger partial charge in [-0.15, -0.1) is 0 Å². The van der Waals surface area contributed by atoms with Crippen LogP contribution in [0.15, 0.2) is 9.81 Å². The highest BCUT2D eigenvalue weighted by Gasteiger charge is 2.51. The van der Waals surface area contributed by atoms with Crippen molar-refractivity contribution in [3.63, 3.8) is 0 Å². The summed E-state index contributed by atoms with van der Waals surface area (Å²) < 4.78 is 77.4. The highest BCUT2D eigenvalue weighted by Crippen LogP contribution is 2.57. The van der Waals surface area contributed by atoms with E-state index in [0.717, 1.165) is 0 Å². The molecule has 0 aliphatic carbocycles. The lowest BCUT2D eigenvalue weighted by Crippen LogP contribution is -2.16. The molecule has 0 bridgehead atoms. The summed E-state index contributed by atoms with van der Waals surface area (Å²) in [5.41, 5.74) is 0. The van der Waals surface area contributed by atoms with Crippen molar-refractivity contribution in [1.82, 2.24) is 0 Å². The minimum atomic E-state index is -4.99. The molecule has 1 rings (SSSR count). The van der Waals surface area contributed by atoms with Crippen LogP contribution in [0.3, 0.4) is 0 Å². The van der Waals surface area contributed by atoms with Crippen LogP contribution in [-0.4, -0.2) is 23.7 Å². The van der Waals surface area contributed by atoms with Gasteiger partial charge in [-0.25, -0.2) is 0 Å². The first-order valence-corrected chi connectivity index (χ1v) is 5.75. The highest BCUT2D eigenvalue weighted by molar-refractivity contribution is 8.23. The van der Waals surface area contributed by atoms with Gasteiger partial charge in [0.25, 0.3) is 0 Å². The van der Waals surface area contributed by atoms with Gasteiger partial charge in [-0.3, -0.25) is 0 Å². The van der Waals surface area contributed by atoms with E-state index in [-0.39, 0.29) is 30.1 Å². The van der Waals surface area contributed by atoms with Gasteiger partial charge in [0.05, 0.1) is 0 Å². The fraction of sp³-hybridized carbons (Fsp3) is 0.714. The van der Waals surface area contributed by atoms with Crippen LogP contribution in [-0.2, 0) is 4.74 Å². The molecule has 0 aromatic rings. The molecule has 0 saturated heterocycles. The Kier molecular flexibility index (Phi) is 4.12. The summed E-state index contributed by atoms with van der Waals surface area (Å²) in [6, 6.07) is 0.